The molecule has 1 aromatic carbocycles. The van der Waals surface area contributed by atoms with Crippen molar-refractivity contribution in [2.24, 2.45) is 11.7 Å². The minimum atomic E-state index is -1.88. The maximum atomic E-state index is 13.7. The van der Waals surface area contributed by atoms with E-state index in [2.05, 4.69) is 35.1 Å². The highest BCUT2D eigenvalue weighted by Gasteiger charge is 2.75. The third kappa shape index (κ3) is 4.18. The van der Waals surface area contributed by atoms with Crippen LogP contribution in [0.5, 0.6) is 5.75 Å². The van der Waals surface area contributed by atoms with Crippen molar-refractivity contribution in [3.05, 3.63) is 29.3 Å². The molecular formula is C27H41N9O5. The van der Waals surface area contributed by atoms with Crippen LogP contribution in [0, 0.1) is 16.7 Å². The molecule has 3 fully saturated rings. The highest BCUT2D eigenvalue weighted by molar-refractivity contribution is 5.98. The molecule has 224 valence electrons. The summed E-state index contributed by atoms with van der Waals surface area (Å²) in [6.07, 6.45) is 0.812. The van der Waals surface area contributed by atoms with Crippen LogP contribution in [0.4, 0.5) is 0 Å². The van der Waals surface area contributed by atoms with Gasteiger partial charge in [0.15, 0.2) is 11.6 Å². The summed E-state index contributed by atoms with van der Waals surface area (Å²) >= 11 is 0. The Morgan fingerprint density at radius 2 is 1.93 bits per heavy atom. The number of fused-ring (bicyclic) bond motifs is 1. The summed E-state index contributed by atoms with van der Waals surface area (Å²) in [5, 5.41) is 52.7. The number of nitrogens with zero attached hydrogens (tertiary/aromatic N) is 2. The second-order valence-electron chi connectivity index (χ2n) is 12.6. The van der Waals surface area contributed by atoms with Crippen molar-refractivity contribution in [1.29, 1.82) is 10.8 Å². The van der Waals surface area contributed by atoms with Gasteiger partial charge < -0.3 is 41.7 Å². The third-order valence-corrected chi connectivity index (χ3v) is 9.24. The first-order chi connectivity index (χ1) is 19.1. The van der Waals surface area contributed by atoms with Crippen molar-refractivity contribution in [3.63, 3.8) is 0 Å². The molecule has 2 amide bonds. The quantitative estimate of drug-likeness (QED) is 0.208. The largest absolute Gasteiger partial charge is 0.492 e. The second kappa shape index (κ2) is 9.74. The summed E-state index contributed by atoms with van der Waals surface area (Å²) < 4.78 is 5.92. The Morgan fingerprint density at radius 1 is 1.22 bits per heavy atom. The topological polar surface area (TPSA) is 212 Å². The van der Waals surface area contributed by atoms with Crippen LogP contribution in [-0.2, 0) is 10.2 Å². The summed E-state index contributed by atoms with van der Waals surface area (Å²) in [6.45, 7) is 9.77. The van der Waals surface area contributed by atoms with Gasteiger partial charge in [-0.2, -0.15) is 5.06 Å². The number of hydroxylamine groups is 2. The number of rotatable bonds is 6. The molecule has 3 unspecified atom stereocenters. The van der Waals surface area contributed by atoms with Gasteiger partial charge in [0, 0.05) is 18.7 Å². The van der Waals surface area contributed by atoms with Crippen LogP contribution in [0.1, 0.15) is 57.0 Å². The summed E-state index contributed by atoms with van der Waals surface area (Å²) in [7, 11) is 0. The molecule has 4 aliphatic rings. The molecule has 0 saturated carbocycles. The highest BCUT2D eigenvalue weighted by Crippen LogP contribution is 2.48. The van der Waals surface area contributed by atoms with Crippen LogP contribution in [0.15, 0.2) is 18.2 Å². The molecule has 3 saturated heterocycles. The maximum absolute atomic E-state index is 13.7. The Morgan fingerprint density at radius 3 is 2.61 bits per heavy atom. The fourth-order valence-electron chi connectivity index (χ4n) is 6.60. The summed E-state index contributed by atoms with van der Waals surface area (Å²) in [5.74, 6) is -0.944. The normalized spacial score (nSPS) is 32.3. The lowest BCUT2D eigenvalue weighted by Crippen LogP contribution is -2.81. The molecule has 0 radical (unpaired) electrons. The lowest BCUT2D eigenvalue weighted by molar-refractivity contribution is -0.218. The zero-order valence-corrected chi connectivity index (χ0v) is 24.0. The van der Waals surface area contributed by atoms with Crippen molar-refractivity contribution < 1.29 is 24.6 Å². The molecular weight excluding hydrogens is 530 g/mol. The van der Waals surface area contributed by atoms with Crippen molar-refractivity contribution in [3.8, 4) is 5.75 Å². The summed E-state index contributed by atoms with van der Waals surface area (Å²) in [4.78, 5) is 27.7. The van der Waals surface area contributed by atoms with Gasteiger partial charge in [-0.3, -0.25) is 25.6 Å². The minimum absolute atomic E-state index is 0.00634. The number of guanidine groups is 2. The summed E-state index contributed by atoms with van der Waals surface area (Å²) in [6, 6.07) is 2.14. The Kier molecular flexibility index (Phi) is 6.86. The molecule has 6 atom stereocenters. The van der Waals surface area contributed by atoms with Crippen LogP contribution in [0.3, 0.4) is 0 Å². The lowest BCUT2D eigenvalue weighted by atomic mass is 9.77. The molecule has 4 aliphatic heterocycles. The van der Waals surface area contributed by atoms with E-state index in [0.29, 0.717) is 23.0 Å². The number of hydrogen-bond acceptors (Lipinski definition) is 8. The SMILES string of the molecule is CC(C)[C@H](N)C(=O)NC[C@@H]1NC(=N)N2CC(NC(=O)c3cccc4c3OCCC4(C)C)[C@](C)(O)C23C1NC(=N)N3O. The Labute approximate surface area is 238 Å². The number of amides is 2. The van der Waals surface area contributed by atoms with E-state index in [1.54, 1.807) is 12.1 Å². The van der Waals surface area contributed by atoms with Crippen LogP contribution in [0.2, 0.25) is 0 Å². The zero-order chi connectivity index (χ0) is 30.1. The Bertz CT molecular complexity index is 1280. The molecule has 14 nitrogen and oxygen atoms in total. The van der Waals surface area contributed by atoms with Crippen molar-refractivity contribution in [1.82, 2.24) is 31.2 Å². The van der Waals surface area contributed by atoms with E-state index < -0.39 is 41.3 Å². The molecule has 10 N–H and O–H groups in total. The third-order valence-electron chi connectivity index (χ3n) is 9.24. The number of hydrogen-bond donors (Lipinski definition) is 9. The average Bonchev–Trinajstić information content (AvgIpc) is 3.31. The van der Waals surface area contributed by atoms with E-state index in [1.165, 1.54) is 11.8 Å². The maximum Gasteiger partial charge on any atom is 0.255 e. The van der Waals surface area contributed by atoms with Crippen LogP contribution in [-0.4, -0.2) is 99.1 Å². The first-order valence-corrected chi connectivity index (χ1v) is 13.9. The van der Waals surface area contributed by atoms with Crippen LogP contribution < -0.4 is 31.7 Å². The fourth-order valence-corrected chi connectivity index (χ4v) is 6.60. The van der Waals surface area contributed by atoms with Gasteiger partial charge >= 0.3 is 0 Å². The molecule has 0 bridgehead atoms. The fraction of sp³-hybridized carbons (Fsp3) is 0.630. The van der Waals surface area contributed by atoms with Gasteiger partial charge in [0.25, 0.3) is 5.91 Å². The molecule has 1 spiro atoms. The molecule has 4 heterocycles. The first kappa shape index (κ1) is 28.9. The zero-order valence-electron chi connectivity index (χ0n) is 24.0. The predicted molar refractivity (Wildman–Crippen MR) is 150 cm³/mol. The number of nitrogens with two attached hydrogens (primary N) is 1. The van der Waals surface area contributed by atoms with Gasteiger partial charge in [-0.25, -0.2) is 0 Å². The summed E-state index contributed by atoms with van der Waals surface area (Å²) in [5.41, 5.74) is 3.45. The number of carbonyl (C=O) groups excluding carboxylic acids is 2. The van der Waals surface area contributed by atoms with Gasteiger partial charge in [-0.15, -0.1) is 0 Å². The average molecular weight is 572 g/mol. The van der Waals surface area contributed by atoms with Crippen LogP contribution in [0.25, 0.3) is 0 Å². The molecule has 41 heavy (non-hydrogen) atoms. The van der Waals surface area contributed by atoms with Gasteiger partial charge in [-0.05, 0) is 30.7 Å². The number of carbonyl (C=O) groups is 2. The Hall–Kier alpha value is -3.62. The predicted octanol–water partition coefficient (Wildman–Crippen LogP) is -0.788. The Balaban J connectivity index is 1.44. The molecule has 14 heteroatoms. The second-order valence-corrected chi connectivity index (χ2v) is 12.6. The van der Waals surface area contributed by atoms with Gasteiger partial charge in [0.2, 0.25) is 11.9 Å². The van der Waals surface area contributed by atoms with Gasteiger partial charge in [-0.1, -0.05) is 39.8 Å². The number of benzene rings is 1. The molecule has 0 aromatic heterocycles. The smallest absolute Gasteiger partial charge is 0.255 e. The van der Waals surface area contributed by atoms with Crippen molar-refractivity contribution >= 4 is 23.7 Å². The van der Waals surface area contributed by atoms with E-state index in [4.69, 9.17) is 21.3 Å². The van der Waals surface area contributed by atoms with Crippen molar-refractivity contribution in [2.45, 2.75) is 81.9 Å². The minimum Gasteiger partial charge on any atom is -0.492 e. The van der Waals surface area contributed by atoms with E-state index in [0.717, 1.165) is 12.0 Å². The standard InChI is InChI=1S/C27H41N9O5/c1-13(2)18(28)22(38)31-11-16-20-27(36(40)24(30)34-20)26(5,39)17(12-35(27)23(29)32-16)33-21(37)14-7-6-8-15-19(14)41-10-9-25(15,3)4/h6-8,13,16-18,20,39-40H,9-12,28H2,1-5H3,(H2,29,32)(H2,30,34)(H,31,38)(H,33,37)/t16-,17?,18-,20?,26-,27?/m0/s1. The lowest BCUT2D eigenvalue weighted by Gasteiger charge is -2.54. The number of ether oxygens (including phenoxy) is 1. The monoisotopic (exact) mass is 571 g/mol. The number of nitrogens with one attached hydrogen (secondary N) is 6. The van der Waals surface area contributed by atoms with E-state index >= 15 is 0 Å². The number of para-hydroxylation sites is 1. The molecule has 5 rings (SSSR count). The molecule has 1 aromatic rings. The number of aliphatic hydroxyl groups is 1. The highest BCUT2D eigenvalue weighted by atomic mass is 16.5. The first-order valence-electron chi connectivity index (χ1n) is 13.9. The van der Waals surface area contributed by atoms with Gasteiger partial charge in [0.05, 0.1) is 36.3 Å². The van der Waals surface area contributed by atoms with Gasteiger partial charge in [0.1, 0.15) is 11.4 Å². The van der Waals surface area contributed by atoms with E-state index in [9.17, 15) is 19.9 Å². The molecule has 0 aliphatic carbocycles. The van der Waals surface area contributed by atoms with E-state index in [1.807, 2.05) is 19.9 Å². The van der Waals surface area contributed by atoms with E-state index in [-0.39, 0.29) is 42.2 Å². The van der Waals surface area contributed by atoms with Crippen LogP contribution >= 0.6 is 0 Å². The van der Waals surface area contributed by atoms with Crippen molar-refractivity contribution in [2.75, 3.05) is 19.7 Å².